The standard InChI is InChI=1S/C13H23F3N2O4/c1-2-10(20)17-6-8-11(21)12(22)9(7-19)18(8)5-3-4-13(14,15)16/h8-9,11-12,19,21-22H,2-7H2,1H3,(H,17,20)/t8-,9?,11-,12-/m1/s1. The molecule has 1 heterocycles. The Labute approximate surface area is 126 Å². The van der Waals surface area contributed by atoms with Gasteiger partial charge in [0.1, 0.15) is 0 Å². The first-order chi connectivity index (χ1) is 10.2. The summed E-state index contributed by atoms with van der Waals surface area (Å²) >= 11 is 0. The third-order valence-corrected chi connectivity index (χ3v) is 3.88. The average molecular weight is 328 g/mol. The van der Waals surface area contributed by atoms with Gasteiger partial charge in [0.2, 0.25) is 5.91 Å². The molecule has 1 rings (SSSR count). The van der Waals surface area contributed by atoms with Crippen LogP contribution in [0.25, 0.3) is 0 Å². The summed E-state index contributed by atoms with van der Waals surface area (Å²) in [6, 6.07) is -1.57. The minimum absolute atomic E-state index is 0.00736. The highest BCUT2D eigenvalue weighted by molar-refractivity contribution is 5.75. The summed E-state index contributed by atoms with van der Waals surface area (Å²) in [6.45, 7) is 1.13. The largest absolute Gasteiger partial charge is 0.395 e. The van der Waals surface area contributed by atoms with Gasteiger partial charge in [-0.25, -0.2) is 0 Å². The van der Waals surface area contributed by atoms with Crippen LogP contribution >= 0.6 is 0 Å². The molecule has 0 aromatic carbocycles. The first kappa shape index (κ1) is 19.1. The van der Waals surface area contributed by atoms with Crippen LogP contribution in [-0.2, 0) is 4.79 Å². The molecule has 1 saturated heterocycles. The third-order valence-electron chi connectivity index (χ3n) is 3.88. The van der Waals surface area contributed by atoms with E-state index >= 15 is 0 Å². The Morgan fingerprint density at radius 3 is 2.32 bits per heavy atom. The molecule has 0 saturated carbocycles. The predicted octanol–water partition coefficient (Wildman–Crippen LogP) is -0.378. The number of halogens is 3. The molecule has 9 heteroatoms. The van der Waals surface area contributed by atoms with Crippen molar-refractivity contribution in [3.05, 3.63) is 0 Å². The van der Waals surface area contributed by atoms with Gasteiger partial charge >= 0.3 is 6.18 Å². The lowest BCUT2D eigenvalue weighted by atomic mass is 10.1. The SMILES string of the molecule is CCC(=O)NC[C@@H]1[C@@H](O)[C@H](O)C(CO)N1CCCC(F)(F)F. The summed E-state index contributed by atoms with van der Waals surface area (Å²) in [7, 11) is 0. The van der Waals surface area contributed by atoms with E-state index in [2.05, 4.69) is 5.32 Å². The molecular formula is C13H23F3N2O4. The molecular weight excluding hydrogens is 305 g/mol. The zero-order chi connectivity index (χ0) is 16.9. The van der Waals surface area contributed by atoms with Crippen molar-refractivity contribution < 1.29 is 33.3 Å². The third kappa shape index (κ3) is 5.08. The molecule has 1 fully saturated rings. The normalized spacial score (nSPS) is 29.8. The van der Waals surface area contributed by atoms with Crippen LogP contribution in [0.1, 0.15) is 26.2 Å². The molecule has 0 radical (unpaired) electrons. The first-order valence-electron chi connectivity index (χ1n) is 7.27. The summed E-state index contributed by atoms with van der Waals surface area (Å²) in [5, 5.41) is 31.7. The number of carbonyl (C=O) groups excluding carboxylic acids is 1. The van der Waals surface area contributed by atoms with Gasteiger partial charge < -0.3 is 20.6 Å². The number of alkyl halides is 3. The zero-order valence-corrected chi connectivity index (χ0v) is 12.4. The zero-order valence-electron chi connectivity index (χ0n) is 12.4. The van der Waals surface area contributed by atoms with Crippen molar-refractivity contribution >= 4 is 5.91 Å². The van der Waals surface area contributed by atoms with Crippen LogP contribution in [0.4, 0.5) is 13.2 Å². The second-order valence-electron chi connectivity index (χ2n) is 5.41. The average Bonchev–Trinajstić information content (AvgIpc) is 2.66. The molecule has 4 atom stereocenters. The number of amides is 1. The fourth-order valence-electron chi connectivity index (χ4n) is 2.68. The maximum Gasteiger partial charge on any atom is 0.389 e. The van der Waals surface area contributed by atoms with Gasteiger partial charge in [0.05, 0.1) is 30.9 Å². The van der Waals surface area contributed by atoms with Crippen molar-refractivity contribution in [2.75, 3.05) is 19.7 Å². The fraction of sp³-hybridized carbons (Fsp3) is 0.923. The molecule has 0 spiro atoms. The van der Waals surface area contributed by atoms with Crippen LogP contribution in [0.15, 0.2) is 0 Å². The summed E-state index contributed by atoms with van der Waals surface area (Å²) in [4.78, 5) is 12.7. The molecule has 4 N–H and O–H groups in total. The molecule has 0 bridgehead atoms. The van der Waals surface area contributed by atoms with Crippen molar-refractivity contribution in [2.24, 2.45) is 0 Å². The molecule has 0 aromatic rings. The number of hydrogen-bond donors (Lipinski definition) is 4. The van der Waals surface area contributed by atoms with Gasteiger partial charge in [-0.3, -0.25) is 9.69 Å². The Bertz CT molecular complexity index is 368. The maximum atomic E-state index is 12.2. The van der Waals surface area contributed by atoms with E-state index < -0.39 is 43.5 Å². The van der Waals surface area contributed by atoms with Crippen molar-refractivity contribution in [3.63, 3.8) is 0 Å². The summed E-state index contributed by atoms with van der Waals surface area (Å²) in [5.74, 6) is -0.260. The number of hydrogen-bond acceptors (Lipinski definition) is 5. The molecule has 0 aliphatic carbocycles. The van der Waals surface area contributed by atoms with Gasteiger partial charge in [-0.2, -0.15) is 13.2 Å². The minimum Gasteiger partial charge on any atom is -0.395 e. The Hall–Kier alpha value is -0.900. The van der Waals surface area contributed by atoms with Crippen molar-refractivity contribution in [1.29, 1.82) is 0 Å². The van der Waals surface area contributed by atoms with Gasteiger partial charge in [-0.15, -0.1) is 0 Å². The summed E-state index contributed by atoms with van der Waals surface area (Å²) < 4.78 is 36.7. The van der Waals surface area contributed by atoms with E-state index in [1.54, 1.807) is 6.92 Å². The van der Waals surface area contributed by atoms with Crippen LogP contribution in [0.2, 0.25) is 0 Å². The molecule has 1 amide bonds. The minimum atomic E-state index is -4.28. The van der Waals surface area contributed by atoms with Crippen LogP contribution in [0, 0.1) is 0 Å². The van der Waals surface area contributed by atoms with Crippen molar-refractivity contribution in [1.82, 2.24) is 10.2 Å². The number of likely N-dealkylation sites (tertiary alicyclic amines) is 1. The number of rotatable bonds is 7. The quantitative estimate of drug-likeness (QED) is 0.511. The van der Waals surface area contributed by atoms with Crippen LogP contribution < -0.4 is 5.32 Å². The van der Waals surface area contributed by atoms with E-state index in [0.717, 1.165) is 0 Å². The lowest BCUT2D eigenvalue weighted by Gasteiger charge is -2.29. The predicted molar refractivity (Wildman–Crippen MR) is 72.0 cm³/mol. The number of aliphatic hydroxyl groups is 3. The lowest BCUT2D eigenvalue weighted by molar-refractivity contribution is -0.136. The Morgan fingerprint density at radius 2 is 1.82 bits per heavy atom. The second kappa shape index (κ2) is 8.09. The van der Waals surface area contributed by atoms with Crippen LogP contribution in [-0.4, -0.2) is 76.3 Å². The molecule has 1 aliphatic rings. The molecule has 0 aromatic heterocycles. The fourth-order valence-corrected chi connectivity index (χ4v) is 2.68. The van der Waals surface area contributed by atoms with Crippen LogP contribution in [0.5, 0.6) is 0 Å². The summed E-state index contributed by atoms with van der Waals surface area (Å²) in [6.07, 6.45) is -7.74. The Balaban J connectivity index is 2.69. The highest BCUT2D eigenvalue weighted by atomic mass is 19.4. The highest BCUT2D eigenvalue weighted by Gasteiger charge is 2.47. The van der Waals surface area contributed by atoms with E-state index in [1.807, 2.05) is 0 Å². The highest BCUT2D eigenvalue weighted by Crippen LogP contribution is 2.27. The molecule has 1 unspecified atom stereocenters. The lowest BCUT2D eigenvalue weighted by Crippen LogP contribution is -2.47. The van der Waals surface area contributed by atoms with Gasteiger partial charge in [0.25, 0.3) is 0 Å². The monoisotopic (exact) mass is 328 g/mol. The smallest absolute Gasteiger partial charge is 0.389 e. The maximum absolute atomic E-state index is 12.2. The topological polar surface area (TPSA) is 93.0 Å². The van der Waals surface area contributed by atoms with E-state index in [9.17, 15) is 33.3 Å². The van der Waals surface area contributed by atoms with Crippen molar-refractivity contribution in [3.8, 4) is 0 Å². The first-order valence-corrected chi connectivity index (χ1v) is 7.27. The molecule has 130 valence electrons. The second-order valence-corrected chi connectivity index (χ2v) is 5.41. The Morgan fingerprint density at radius 1 is 1.23 bits per heavy atom. The van der Waals surface area contributed by atoms with E-state index in [-0.39, 0.29) is 31.8 Å². The Kier molecular flexibility index (Phi) is 7.04. The molecule has 6 nitrogen and oxygen atoms in total. The number of carbonyl (C=O) groups is 1. The van der Waals surface area contributed by atoms with Gasteiger partial charge in [-0.05, 0) is 13.0 Å². The molecule has 1 aliphatic heterocycles. The van der Waals surface area contributed by atoms with E-state index in [0.29, 0.717) is 0 Å². The number of nitrogens with one attached hydrogen (secondary N) is 1. The number of nitrogens with zero attached hydrogens (tertiary/aromatic N) is 1. The van der Waals surface area contributed by atoms with E-state index in [4.69, 9.17) is 0 Å². The number of aliphatic hydroxyl groups excluding tert-OH is 3. The van der Waals surface area contributed by atoms with E-state index in [1.165, 1.54) is 4.90 Å². The van der Waals surface area contributed by atoms with Gasteiger partial charge in [0.15, 0.2) is 0 Å². The van der Waals surface area contributed by atoms with Gasteiger partial charge in [-0.1, -0.05) is 6.92 Å². The van der Waals surface area contributed by atoms with Crippen LogP contribution in [0.3, 0.4) is 0 Å². The van der Waals surface area contributed by atoms with Crippen molar-refractivity contribution in [2.45, 2.75) is 56.7 Å². The van der Waals surface area contributed by atoms with Gasteiger partial charge in [0, 0.05) is 19.4 Å². The molecule has 22 heavy (non-hydrogen) atoms. The summed E-state index contributed by atoms with van der Waals surface area (Å²) in [5.41, 5.74) is 0.